The van der Waals surface area contributed by atoms with E-state index in [1.807, 2.05) is 0 Å². The number of thioether (sulfide) groups is 1. The molecule has 1 N–H and O–H groups in total. The lowest BCUT2D eigenvalue weighted by molar-refractivity contribution is -0.119. The second kappa shape index (κ2) is 12.5. The number of aryl methyl sites for hydroxylation is 1. The van der Waals surface area contributed by atoms with Crippen LogP contribution in [0.1, 0.15) is 17.5 Å². The quantitative estimate of drug-likeness (QED) is 0.308. The zero-order valence-corrected chi connectivity index (χ0v) is 21.9. The number of hydrogen-bond acceptors (Lipinski definition) is 4. The average Bonchev–Trinajstić information content (AvgIpc) is 2.80. The lowest BCUT2D eigenvalue weighted by atomic mass is 10.2. The first kappa shape index (κ1) is 26.4. The van der Waals surface area contributed by atoms with E-state index in [4.69, 9.17) is 23.2 Å². The third kappa shape index (κ3) is 7.67. The van der Waals surface area contributed by atoms with Crippen LogP contribution in [0.4, 0.5) is 5.69 Å². The van der Waals surface area contributed by atoms with Gasteiger partial charge in [-0.15, -0.1) is 0 Å². The van der Waals surface area contributed by atoms with Crippen LogP contribution in [-0.2, 0) is 20.6 Å². The lowest BCUT2D eigenvalue weighted by Crippen LogP contribution is -2.41. The Kier molecular flexibility index (Phi) is 9.71. The Morgan fingerprint density at radius 2 is 1.62 bits per heavy atom. The van der Waals surface area contributed by atoms with E-state index < -0.39 is 15.9 Å². The van der Waals surface area contributed by atoms with Crippen molar-refractivity contribution in [2.45, 2.75) is 24.0 Å². The van der Waals surface area contributed by atoms with Crippen molar-refractivity contribution in [1.82, 2.24) is 5.32 Å². The molecular formula is C25H26Cl2N2O3S2. The molecule has 0 unspecified atom stereocenters. The fraction of sp³-hybridized carbons (Fsp3) is 0.240. The van der Waals surface area contributed by atoms with Gasteiger partial charge in [0.2, 0.25) is 5.91 Å². The normalized spacial score (nSPS) is 11.3. The standard InChI is InChI=1S/C25H26Cl2N2O3S2/c1-19-8-10-20(11-9-19)18-33-13-5-12-28-25(30)17-29(23-15-21(26)14-22(27)16-23)34(31,32)24-6-3-2-4-7-24/h2-4,6-11,14-16H,5,12-13,17-18H2,1H3,(H,28,30). The van der Waals surface area contributed by atoms with Crippen LogP contribution >= 0.6 is 35.0 Å². The number of anilines is 1. The number of sulfonamides is 1. The van der Waals surface area contributed by atoms with Crippen LogP contribution < -0.4 is 9.62 Å². The van der Waals surface area contributed by atoms with Crippen molar-refractivity contribution in [3.63, 3.8) is 0 Å². The summed E-state index contributed by atoms with van der Waals surface area (Å²) in [6.07, 6.45) is 0.775. The van der Waals surface area contributed by atoms with Gasteiger partial charge in [0.05, 0.1) is 10.6 Å². The van der Waals surface area contributed by atoms with Gasteiger partial charge in [-0.2, -0.15) is 11.8 Å². The number of hydrogen-bond donors (Lipinski definition) is 1. The Hall–Kier alpha value is -2.19. The molecule has 0 bridgehead atoms. The second-order valence-corrected chi connectivity index (χ2v) is 11.5. The molecule has 0 fully saturated rings. The summed E-state index contributed by atoms with van der Waals surface area (Å²) in [6, 6.07) is 20.8. The molecule has 3 aromatic rings. The van der Waals surface area contributed by atoms with Crippen molar-refractivity contribution in [3.8, 4) is 0 Å². The Morgan fingerprint density at radius 1 is 0.971 bits per heavy atom. The van der Waals surface area contributed by atoms with Gasteiger partial charge < -0.3 is 5.32 Å². The minimum atomic E-state index is -4.00. The zero-order chi connectivity index (χ0) is 24.6. The van der Waals surface area contributed by atoms with Gasteiger partial charge in [0.1, 0.15) is 6.54 Å². The van der Waals surface area contributed by atoms with Crippen molar-refractivity contribution in [2.75, 3.05) is 23.1 Å². The highest BCUT2D eigenvalue weighted by molar-refractivity contribution is 7.98. The number of nitrogens with zero attached hydrogens (tertiary/aromatic N) is 1. The van der Waals surface area contributed by atoms with Gasteiger partial charge in [0.15, 0.2) is 0 Å². The first-order valence-corrected chi connectivity index (χ1v) is 14.0. The Bertz CT molecular complexity index is 1180. The molecule has 0 radical (unpaired) electrons. The molecule has 34 heavy (non-hydrogen) atoms. The van der Waals surface area contributed by atoms with Gasteiger partial charge in [-0.05, 0) is 55.0 Å². The van der Waals surface area contributed by atoms with Crippen LogP contribution in [0, 0.1) is 6.92 Å². The van der Waals surface area contributed by atoms with Crippen molar-refractivity contribution >= 4 is 56.6 Å². The minimum Gasteiger partial charge on any atom is -0.354 e. The number of carbonyl (C=O) groups is 1. The van der Waals surface area contributed by atoms with Gasteiger partial charge in [-0.3, -0.25) is 9.10 Å². The summed E-state index contributed by atoms with van der Waals surface area (Å²) in [5.74, 6) is 1.39. The molecule has 5 nitrogen and oxygen atoms in total. The summed E-state index contributed by atoms with van der Waals surface area (Å²) in [7, 11) is -4.00. The molecule has 0 saturated heterocycles. The lowest BCUT2D eigenvalue weighted by Gasteiger charge is -2.24. The van der Waals surface area contributed by atoms with Crippen molar-refractivity contribution in [1.29, 1.82) is 0 Å². The van der Waals surface area contributed by atoms with Crippen molar-refractivity contribution < 1.29 is 13.2 Å². The summed E-state index contributed by atoms with van der Waals surface area (Å²) in [5, 5.41) is 3.38. The Morgan fingerprint density at radius 3 is 2.26 bits per heavy atom. The van der Waals surface area contributed by atoms with E-state index in [-0.39, 0.29) is 27.2 Å². The van der Waals surface area contributed by atoms with Crippen LogP contribution in [-0.4, -0.2) is 33.2 Å². The maximum absolute atomic E-state index is 13.3. The van der Waals surface area contributed by atoms with Crippen LogP contribution in [0.25, 0.3) is 0 Å². The summed E-state index contributed by atoms with van der Waals surface area (Å²) in [5.41, 5.74) is 2.73. The van der Waals surface area contributed by atoms with Gasteiger partial charge in [0.25, 0.3) is 10.0 Å². The smallest absolute Gasteiger partial charge is 0.264 e. The van der Waals surface area contributed by atoms with Crippen LogP contribution in [0.3, 0.4) is 0 Å². The van der Waals surface area contributed by atoms with E-state index in [1.54, 1.807) is 30.0 Å². The molecule has 0 saturated carbocycles. The summed E-state index contributed by atoms with van der Waals surface area (Å²) in [6.45, 7) is 2.13. The maximum atomic E-state index is 13.3. The van der Waals surface area contributed by atoms with Crippen LogP contribution in [0.15, 0.2) is 77.7 Å². The molecule has 9 heteroatoms. The van der Waals surface area contributed by atoms with E-state index in [1.165, 1.54) is 41.5 Å². The molecule has 180 valence electrons. The molecule has 0 aliphatic carbocycles. The Labute approximate surface area is 215 Å². The number of benzene rings is 3. The molecule has 0 aliphatic heterocycles. The largest absolute Gasteiger partial charge is 0.354 e. The van der Waals surface area contributed by atoms with Crippen molar-refractivity contribution in [3.05, 3.63) is 94.0 Å². The molecule has 1 amide bonds. The Balaban J connectivity index is 1.60. The molecule has 0 heterocycles. The second-order valence-electron chi connectivity index (χ2n) is 7.69. The van der Waals surface area contributed by atoms with E-state index in [0.29, 0.717) is 6.54 Å². The van der Waals surface area contributed by atoms with E-state index in [9.17, 15) is 13.2 Å². The SMILES string of the molecule is Cc1ccc(CSCCCNC(=O)CN(c2cc(Cl)cc(Cl)c2)S(=O)(=O)c2ccccc2)cc1. The fourth-order valence-corrected chi connectivity index (χ4v) is 6.04. The summed E-state index contributed by atoms with van der Waals surface area (Å²) >= 11 is 14.0. The minimum absolute atomic E-state index is 0.0754. The highest BCUT2D eigenvalue weighted by Crippen LogP contribution is 2.29. The highest BCUT2D eigenvalue weighted by Gasteiger charge is 2.27. The average molecular weight is 538 g/mol. The summed E-state index contributed by atoms with van der Waals surface area (Å²) < 4.78 is 27.7. The zero-order valence-electron chi connectivity index (χ0n) is 18.7. The number of halogens is 2. The number of carbonyl (C=O) groups excluding carboxylic acids is 1. The van der Waals surface area contributed by atoms with Gasteiger partial charge in [0, 0.05) is 22.3 Å². The predicted molar refractivity (Wildman–Crippen MR) is 142 cm³/mol. The molecule has 0 aliphatic rings. The first-order chi connectivity index (χ1) is 16.3. The monoisotopic (exact) mass is 536 g/mol. The van der Waals surface area contributed by atoms with Crippen molar-refractivity contribution in [2.24, 2.45) is 0 Å². The third-order valence-electron chi connectivity index (χ3n) is 4.93. The molecule has 0 spiro atoms. The van der Waals surface area contributed by atoms with E-state index >= 15 is 0 Å². The maximum Gasteiger partial charge on any atom is 0.264 e. The third-order valence-corrected chi connectivity index (χ3v) is 8.27. The fourth-order valence-electron chi connectivity index (χ4n) is 3.18. The molecule has 3 rings (SSSR count). The number of nitrogens with one attached hydrogen (secondary N) is 1. The topological polar surface area (TPSA) is 66.5 Å². The van der Waals surface area contributed by atoms with Crippen LogP contribution in [0.2, 0.25) is 10.0 Å². The van der Waals surface area contributed by atoms with Gasteiger partial charge in [-0.1, -0.05) is 71.2 Å². The first-order valence-electron chi connectivity index (χ1n) is 10.7. The highest BCUT2D eigenvalue weighted by atomic mass is 35.5. The molecule has 0 atom stereocenters. The number of rotatable bonds is 11. The van der Waals surface area contributed by atoms with Crippen LogP contribution in [0.5, 0.6) is 0 Å². The van der Waals surface area contributed by atoms with E-state index in [2.05, 4.69) is 36.5 Å². The van der Waals surface area contributed by atoms with E-state index in [0.717, 1.165) is 22.2 Å². The summed E-state index contributed by atoms with van der Waals surface area (Å²) in [4.78, 5) is 12.7. The molecule has 3 aromatic carbocycles. The molecule has 0 aromatic heterocycles. The number of amides is 1. The van der Waals surface area contributed by atoms with Gasteiger partial charge >= 0.3 is 0 Å². The predicted octanol–water partition coefficient (Wildman–Crippen LogP) is 5.94. The van der Waals surface area contributed by atoms with Gasteiger partial charge in [-0.25, -0.2) is 8.42 Å². The molecular weight excluding hydrogens is 511 g/mol.